The Labute approximate surface area is 115 Å². The SMILES string of the molecule is CC[C@H](C)NC(=O)CCSc1ccc(C)c(C)c1. The molecule has 0 saturated carbocycles. The normalized spacial score (nSPS) is 12.2. The fraction of sp³-hybridized carbons (Fsp3) is 0.533. The summed E-state index contributed by atoms with van der Waals surface area (Å²) in [5.74, 6) is 0.991. The van der Waals surface area contributed by atoms with Gasteiger partial charge in [0.05, 0.1) is 0 Å². The van der Waals surface area contributed by atoms with Gasteiger partial charge in [-0.15, -0.1) is 11.8 Å². The van der Waals surface area contributed by atoms with Crippen LogP contribution < -0.4 is 5.32 Å². The number of aryl methyl sites for hydroxylation is 2. The number of hydrogen-bond acceptors (Lipinski definition) is 2. The zero-order chi connectivity index (χ0) is 13.5. The first-order valence-electron chi connectivity index (χ1n) is 6.52. The summed E-state index contributed by atoms with van der Waals surface area (Å²) in [6, 6.07) is 6.73. The van der Waals surface area contributed by atoms with Crippen molar-refractivity contribution in [2.24, 2.45) is 0 Å². The smallest absolute Gasteiger partial charge is 0.221 e. The minimum atomic E-state index is 0.153. The molecule has 0 radical (unpaired) electrons. The number of thioether (sulfide) groups is 1. The minimum absolute atomic E-state index is 0.153. The molecular weight excluding hydrogens is 242 g/mol. The lowest BCUT2D eigenvalue weighted by Gasteiger charge is -2.11. The topological polar surface area (TPSA) is 29.1 Å². The van der Waals surface area contributed by atoms with Gasteiger partial charge in [0, 0.05) is 23.1 Å². The van der Waals surface area contributed by atoms with Crippen LogP contribution in [-0.2, 0) is 4.79 Å². The summed E-state index contributed by atoms with van der Waals surface area (Å²) in [5.41, 5.74) is 2.62. The first-order chi connectivity index (χ1) is 8.52. The summed E-state index contributed by atoms with van der Waals surface area (Å²) < 4.78 is 0. The maximum atomic E-state index is 11.6. The largest absolute Gasteiger partial charge is 0.354 e. The molecule has 1 N–H and O–H groups in total. The number of carbonyl (C=O) groups excluding carboxylic acids is 1. The van der Waals surface area contributed by atoms with E-state index in [0.717, 1.165) is 12.2 Å². The average Bonchev–Trinajstić information content (AvgIpc) is 2.33. The Bertz CT molecular complexity index is 403. The fourth-order valence-corrected chi connectivity index (χ4v) is 2.46. The van der Waals surface area contributed by atoms with E-state index >= 15 is 0 Å². The molecule has 1 amide bonds. The number of amides is 1. The predicted molar refractivity (Wildman–Crippen MR) is 79.2 cm³/mol. The molecule has 0 aliphatic rings. The lowest BCUT2D eigenvalue weighted by Crippen LogP contribution is -2.32. The maximum Gasteiger partial charge on any atom is 0.221 e. The quantitative estimate of drug-likeness (QED) is 0.795. The third kappa shape index (κ3) is 5.13. The molecule has 1 rings (SSSR count). The summed E-state index contributed by atoms with van der Waals surface area (Å²) in [7, 11) is 0. The third-order valence-corrected chi connectivity index (χ3v) is 4.09. The molecule has 1 atom stereocenters. The van der Waals surface area contributed by atoms with Gasteiger partial charge in [0.2, 0.25) is 5.91 Å². The molecule has 0 heterocycles. The Balaban J connectivity index is 2.33. The highest BCUT2D eigenvalue weighted by molar-refractivity contribution is 7.99. The number of benzene rings is 1. The average molecular weight is 265 g/mol. The van der Waals surface area contributed by atoms with E-state index in [-0.39, 0.29) is 11.9 Å². The number of rotatable bonds is 6. The zero-order valence-electron chi connectivity index (χ0n) is 11.7. The molecule has 0 unspecified atom stereocenters. The van der Waals surface area contributed by atoms with Gasteiger partial charge in [-0.3, -0.25) is 4.79 Å². The van der Waals surface area contributed by atoms with Gasteiger partial charge in [-0.2, -0.15) is 0 Å². The van der Waals surface area contributed by atoms with Crippen molar-refractivity contribution in [3.63, 3.8) is 0 Å². The second-order valence-electron chi connectivity index (χ2n) is 4.72. The van der Waals surface area contributed by atoms with Crippen LogP contribution in [0.4, 0.5) is 0 Å². The Morgan fingerprint density at radius 1 is 1.33 bits per heavy atom. The third-order valence-electron chi connectivity index (χ3n) is 3.10. The Hall–Kier alpha value is -0.960. The van der Waals surface area contributed by atoms with Crippen LogP contribution in [0.15, 0.2) is 23.1 Å². The molecule has 0 spiro atoms. The van der Waals surface area contributed by atoms with E-state index in [0.29, 0.717) is 6.42 Å². The van der Waals surface area contributed by atoms with Gasteiger partial charge in [0.15, 0.2) is 0 Å². The van der Waals surface area contributed by atoms with Crippen molar-refractivity contribution in [1.29, 1.82) is 0 Å². The van der Waals surface area contributed by atoms with E-state index in [2.05, 4.69) is 44.3 Å². The fourth-order valence-electron chi connectivity index (χ4n) is 1.51. The summed E-state index contributed by atoms with van der Waals surface area (Å²) in [5, 5.41) is 2.98. The van der Waals surface area contributed by atoms with Gasteiger partial charge in [-0.05, 0) is 50.5 Å². The van der Waals surface area contributed by atoms with Crippen molar-refractivity contribution in [1.82, 2.24) is 5.32 Å². The zero-order valence-corrected chi connectivity index (χ0v) is 12.6. The second kappa shape index (κ2) is 7.47. The molecular formula is C15H23NOS. The molecule has 0 saturated heterocycles. The first-order valence-corrected chi connectivity index (χ1v) is 7.51. The van der Waals surface area contributed by atoms with Gasteiger partial charge < -0.3 is 5.32 Å². The van der Waals surface area contributed by atoms with E-state index in [1.807, 2.05) is 6.92 Å². The lowest BCUT2D eigenvalue weighted by molar-refractivity contribution is -0.121. The van der Waals surface area contributed by atoms with E-state index in [1.54, 1.807) is 11.8 Å². The number of hydrogen-bond donors (Lipinski definition) is 1. The van der Waals surface area contributed by atoms with Crippen molar-refractivity contribution in [3.8, 4) is 0 Å². The van der Waals surface area contributed by atoms with Gasteiger partial charge in [-0.1, -0.05) is 13.0 Å². The standard InChI is InChI=1S/C15H23NOS/c1-5-13(4)16-15(17)8-9-18-14-7-6-11(2)12(3)10-14/h6-7,10,13H,5,8-9H2,1-4H3,(H,16,17)/t13-/m0/s1. The highest BCUT2D eigenvalue weighted by Crippen LogP contribution is 2.21. The van der Waals surface area contributed by atoms with Gasteiger partial charge in [-0.25, -0.2) is 0 Å². The van der Waals surface area contributed by atoms with Crippen LogP contribution in [0, 0.1) is 13.8 Å². The van der Waals surface area contributed by atoms with Gasteiger partial charge in [0.25, 0.3) is 0 Å². The molecule has 100 valence electrons. The number of nitrogens with one attached hydrogen (secondary N) is 1. The molecule has 3 heteroatoms. The first kappa shape index (κ1) is 15.1. The molecule has 1 aromatic carbocycles. The van der Waals surface area contributed by atoms with Crippen molar-refractivity contribution >= 4 is 17.7 Å². The Morgan fingerprint density at radius 3 is 2.67 bits per heavy atom. The summed E-state index contributed by atoms with van der Waals surface area (Å²) in [6.45, 7) is 8.35. The Morgan fingerprint density at radius 2 is 2.06 bits per heavy atom. The molecule has 0 fully saturated rings. The van der Waals surface area contributed by atoms with E-state index < -0.39 is 0 Å². The van der Waals surface area contributed by atoms with Crippen LogP contribution in [-0.4, -0.2) is 17.7 Å². The summed E-state index contributed by atoms with van der Waals surface area (Å²) in [4.78, 5) is 12.8. The molecule has 1 aromatic rings. The highest BCUT2D eigenvalue weighted by atomic mass is 32.2. The Kier molecular flexibility index (Phi) is 6.27. The minimum Gasteiger partial charge on any atom is -0.354 e. The van der Waals surface area contributed by atoms with Crippen molar-refractivity contribution in [2.75, 3.05) is 5.75 Å². The van der Waals surface area contributed by atoms with E-state index in [4.69, 9.17) is 0 Å². The molecule has 0 aliphatic heterocycles. The molecule has 0 bridgehead atoms. The lowest BCUT2D eigenvalue weighted by atomic mass is 10.1. The van der Waals surface area contributed by atoms with Crippen LogP contribution in [0.5, 0.6) is 0 Å². The molecule has 0 aliphatic carbocycles. The second-order valence-corrected chi connectivity index (χ2v) is 5.89. The van der Waals surface area contributed by atoms with Crippen LogP contribution in [0.3, 0.4) is 0 Å². The van der Waals surface area contributed by atoms with Gasteiger partial charge in [0.1, 0.15) is 0 Å². The van der Waals surface area contributed by atoms with Crippen LogP contribution in [0.1, 0.15) is 37.8 Å². The van der Waals surface area contributed by atoms with Crippen LogP contribution in [0.2, 0.25) is 0 Å². The highest BCUT2D eigenvalue weighted by Gasteiger charge is 2.05. The summed E-state index contributed by atoms with van der Waals surface area (Å²) >= 11 is 1.75. The van der Waals surface area contributed by atoms with Crippen molar-refractivity contribution in [2.45, 2.75) is 51.5 Å². The predicted octanol–water partition coefficient (Wildman–Crippen LogP) is 3.70. The van der Waals surface area contributed by atoms with Crippen molar-refractivity contribution in [3.05, 3.63) is 29.3 Å². The van der Waals surface area contributed by atoms with E-state index in [9.17, 15) is 4.79 Å². The monoisotopic (exact) mass is 265 g/mol. The molecule has 2 nitrogen and oxygen atoms in total. The van der Waals surface area contributed by atoms with E-state index in [1.165, 1.54) is 16.0 Å². The van der Waals surface area contributed by atoms with Crippen LogP contribution >= 0.6 is 11.8 Å². The molecule has 0 aromatic heterocycles. The van der Waals surface area contributed by atoms with Crippen LogP contribution in [0.25, 0.3) is 0 Å². The number of carbonyl (C=O) groups is 1. The summed E-state index contributed by atoms with van der Waals surface area (Å²) in [6.07, 6.45) is 1.57. The van der Waals surface area contributed by atoms with Crippen molar-refractivity contribution < 1.29 is 4.79 Å². The maximum absolute atomic E-state index is 11.6. The molecule has 18 heavy (non-hydrogen) atoms. The van der Waals surface area contributed by atoms with Gasteiger partial charge >= 0.3 is 0 Å².